The molecule has 0 spiro atoms. The number of aliphatic hydroxyl groups is 1. The molecule has 0 unspecified atom stereocenters. The molecule has 25 heavy (non-hydrogen) atoms. The average Bonchev–Trinajstić information content (AvgIpc) is 3.17. The highest BCUT2D eigenvalue weighted by Gasteiger charge is 2.35. The topological polar surface area (TPSA) is 41.9 Å². The van der Waals surface area contributed by atoms with Crippen molar-refractivity contribution in [2.75, 3.05) is 26.3 Å². The number of hydrogen-bond acceptors (Lipinski definition) is 4. The van der Waals surface area contributed by atoms with Gasteiger partial charge in [0.15, 0.2) is 0 Å². The molecule has 0 bridgehead atoms. The molecule has 2 aliphatic rings. The highest BCUT2D eigenvalue weighted by molar-refractivity contribution is 5.72. The lowest BCUT2D eigenvalue weighted by atomic mass is 9.94. The maximum absolute atomic E-state index is 10.8. The number of ether oxygens (including phenoxy) is 2. The summed E-state index contributed by atoms with van der Waals surface area (Å²) in [6.07, 6.45) is 1.94. The Hall–Kier alpha value is -2.04. The summed E-state index contributed by atoms with van der Waals surface area (Å²) in [7, 11) is 0. The second kappa shape index (κ2) is 7.06. The van der Waals surface area contributed by atoms with Crippen LogP contribution in [0, 0.1) is 0 Å². The third-order valence-corrected chi connectivity index (χ3v) is 5.21. The number of para-hydroxylation sites is 1. The Morgan fingerprint density at radius 2 is 1.96 bits per heavy atom. The first-order valence-electron chi connectivity index (χ1n) is 9.19. The number of benzene rings is 2. The van der Waals surface area contributed by atoms with Crippen LogP contribution < -0.4 is 9.47 Å². The summed E-state index contributed by atoms with van der Waals surface area (Å²) in [6, 6.07) is 14.2. The molecule has 2 heterocycles. The molecule has 2 aromatic rings. The molecule has 0 radical (unpaired) electrons. The highest BCUT2D eigenvalue weighted by Crippen LogP contribution is 2.39. The fourth-order valence-electron chi connectivity index (χ4n) is 3.91. The minimum atomic E-state index is -0.488. The zero-order chi connectivity index (χ0) is 17.2. The Kier molecular flexibility index (Phi) is 4.64. The zero-order valence-corrected chi connectivity index (χ0v) is 14.6. The van der Waals surface area contributed by atoms with Crippen LogP contribution in [0.15, 0.2) is 42.5 Å². The Labute approximate surface area is 149 Å². The van der Waals surface area contributed by atoms with Gasteiger partial charge in [-0.1, -0.05) is 30.3 Å². The molecular formula is C21H25NO3. The number of hydrogen-bond donors (Lipinski definition) is 1. The molecule has 0 aliphatic carbocycles. The van der Waals surface area contributed by atoms with Crippen molar-refractivity contribution >= 4 is 0 Å². The van der Waals surface area contributed by atoms with E-state index in [1.807, 2.05) is 37.3 Å². The average molecular weight is 339 g/mol. The molecule has 0 saturated carbocycles. The molecule has 132 valence electrons. The van der Waals surface area contributed by atoms with Crippen LogP contribution in [0.2, 0.25) is 0 Å². The van der Waals surface area contributed by atoms with E-state index in [1.165, 1.54) is 12.8 Å². The molecule has 2 aliphatic heterocycles. The minimum Gasteiger partial charge on any atom is -0.493 e. The van der Waals surface area contributed by atoms with Crippen molar-refractivity contribution in [1.82, 2.24) is 4.90 Å². The van der Waals surface area contributed by atoms with E-state index >= 15 is 0 Å². The smallest absolute Gasteiger partial charge is 0.127 e. The van der Waals surface area contributed by atoms with E-state index in [0.717, 1.165) is 41.3 Å². The molecule has 2 aromatic carbocycles. The molecule has 0 amide bonds. The second-order valence-corrected chi connectivity index (χ2v) is 6.75. The lowest BCUT2D eigenvalue weighted by Gasteiger charge is -2.36. The van der Waals surface area contributed by atoms with Crippen molar-refractivity contribution in [3.8, 4) is 22.6 Å². The molecule has 4 heteroatoms. The molecule has 0 aromatic heterocycles. The van der Waals surface area contributed by atoms with Crippen LogP contribution in [0.4, 0.5) is 0 Å². The molecule has 1 fully saturated rings. The molecular weight excluding hydrogens is 314 g/mol. The number of rotatable bonds is 4. The molecule has 2 atom stereocenters. The third-order valence-electron chi connectivity index (χ3n) is 5.21. The number of likely N-dealkylation sites (tertiary alicyclic amines) is 1. The van der Waals surface area contributed by atoms with Crippen LogP contribution >= 0.6 is 0 Å². The molecule has 4 rings (SSSR count). The van der Waals surface area contributed by atoms with Gasteiger partial charge in [0.05, 0.1) is 12.6 Å². The molecule has 1 saturated heterocycles. The fraction of sp³-hybridized carbons (Fsp3) is 0.429. The SMILES string of the molecule is CCOc1ccccc1-c1ccc2c(c1)OC[C@@H](N1CCCC1)[C@@H]2O. The van der Waals surface area contributed by atoms with E-state index in [2.05, 4.69) is 17.0 Å². The van der Waals surface area contributed by atoms with Gasteiger partial charge in [0, 0.05) is 11.1 Å². The summed E-state index contributed by atoms with van der Waals surface area (Å²) in [5, 5.41) is 10.8. The minimum absolute atomic E-state index is 0.0663. The Morgan fingerprint density at radius 3 is 2.76 bits per heavy atom. The van der Waals surface area contributed by atoms with E-state index in [-0.39, 0.29) is 6.04 Å². The summed E-state index contributed by atoms with van der Waals surface area (Å²) >= 11 is 0. The van der Waals surface area contributed by atoms with Gasteiger partial charge < -0.3 is 14.6 Å². The van der Waals surface area contributed by atoms with E-state index in [1.54, 1.807) is 0 Å². The number of fused-ring (bicyclic) bond motifs is 1. The van der Waals surface area contributed by atoms with Crippen LogP contribution in [0.5, 0.6) is 11.5 Å². The largest absolute Gasteiger partial charge is 0.493 e. The number of nitrogens with zero attached hydrogens (tertiary/aromatic N) is 1. The number of aliphatic hydroxyl groups excluding tert-OH is 1. The van der Waals surface area contributed by atoms with Crippen LogP contribution in [0.1, 0.15) is 31.4 Å². The summed E-state index contributed by atoms with van der Waals surface area (Å²) in [5.74, 6) is 1.66. The third kappa shape index (κ3) is 3.12. The normalized spacial score (nSPS) is 23.1. The summed E-state index contributed by atoms with van der Waals surface area (Å²) in [5.41, 5.74) is 2.99. The molecule has 1 N–H and O–H groups in total. The maximum atomic E-state index is 10.8. The summed E-state index contributed by atoms with van der Waals surface area (Å²) in [4.78, 5) is 2.35. The van der Waals surface area contributed by atoms with Crippen molar-refractivity contribution in [3.05, 3.63) is 48.0 Å². The van der Waals surface area contributed by atoms with Gasteiger partial charge in [-0.05, 0) is 50.6 Å². The fourth-order valence-corrected chi connectivity index (χ4v) is 3.91. The van der Waals surface area contributed by atoms with Gasteiger partial charge >= 0.3 is 0 Å². The first kappa shape index (κ1) is 16.4. The predicted molar refractivity (Wildman–Crippen MR) is 98.1 cm³/mol. The van der Waals surface area contributed by atoms with Crippen LogP contribution in [-0.2, 0) is 0 Å². The van der Waals surface area contributed by atoms with Gasteiger partial charge in [0.2, 0.25) is 0 Å². The van der Waals surface area contributed by atoms with Gasteiger partial charge in [-0.25, -0.2) is 0 Å². The second-order valence-electron chi connectivity index (χ2n) is 6.75. The Balaban J connectivity index is 1.63. The van der Waals surface area contributed by atoms with Crippen LogP contribution in [-0.4, -0.2) is 42.4 Å². The lowest BCUT2D eigenvalue weighted by molar-refractivity contribution is 0.0140. The van der Waals surface area contributed by atoms with Crippen LogP contribution in [0.3, 0.4) is 0 Å². The van der Waals surface area contributed by atoms with Crippen LogP contribution in [0.25, 0.3) is 11.1 Å². The van der Waals surface area contributed by atoms with Crippen molar-refractivity contribution < 1.29 is 14.6 Å². The van der Waals surface area contributed by atoms with Crippen molar-refractivity contribution in [3.63, 3.8) is 0 Å². The first-order chi connectivity index (χ1) is 12.3. The summed E-state index contributed by atoms with van der Waals surface area (Å²) in [6.45, 7) is 5.28. The van der Waals surface area contributed by atoms with Crippen molar-refractivity contribution in [2.24, 2.45) is 0 Å². The maximum Gasteiger partial charge on any atom is 0.127 e. The van der Waals surface area contributed by atoms with E-state index in [0.29, 0.717) is 13.2 Å². The quantitative estimate of drug-likeness (QED) is 0.923. The monoisotopic (exact) mass is 339 g/mol. The summed E-state index contributed by atoms with van der Waals surface area (Å²) < 4.78 is 11.8. The van der Waals surface area contributed by atoms with Gasteiger partial charge in [0.25, 0.3) is 0 Å². The van der Waals surface area contributed by atoms with Crippen molar-refractivity contribution in [1.29, 1.82) is 0 Å². The van der Waals surface area contributed by atoms with Gasteiger partial charge in [-0.15, -0.1) is 0 Å². The zero-order valence-electron chi connectivity index (χ0n) is 14.6. The predicted octanol–water partition coefficient (Wildman–Crippen LogP) is 3.64. The van der Waals surface area contributed by atoms with Gasteiger partial charge in [-0.2, -0.15) is 0 Å². The standard InChI is InChI=1S/C21H25NO3/c1-2-24-19-8-4-3-7-16(19)15-9-10-17-20(13-15)25-14-18(21(17)23)22-11-5-6-12-22/h3-4,7-10,13,18,21,23H,2,5-6,11-12,14H2,1H3/t18-,21-/m1/s1. The lowest BCUT2D eigenvalue weighted by Crippen LogP contribution is -2.44. The molecule has 4 nitrogen and oxygen atoms in total. The van der Waals surface area contributed by atoms with E-state index < -0.39 is 6.10 Å². The highest BCUT2D eigenvalue weighted by atomic mass is 16.5. The Morgan fingerprint density at radius 1 is 1.16 bits per heavy atom. The van der Waals surface area contributed by atoms with Crippen molar-refractivity contribution in [2.45, 2.75) is 31.9 Å². The van der Waals surface area contributed by atoms with E-state index in [9.17, 15) is 5.11 Å². The van der Waals surface area contributed by atoms with E-state index in [4.69, 9.17) is 9.47 Å². The Bertz CT molecular complexity index is 740. The van der Waals surface area contributed by atoms with Gasteiger partial charge in [0.1, 0.15) is 24.2 Å². The first-order valence-corrected chi connectivity index (χ1v) is 9.19. The van der Waals surface area contributed by atoms with Gasteiger partial charge in [-0.3, -0.25) is 4.90 Å².